The molecule has 20 heavy (non-hydrogen) atoms. The summed E-state index contributed by atoms with van der Waals surface area (Å²) in [7, 11) is 2.08. The van der Waals surface area contributed by atoms with Gasteiger partial charge in [0.2, 0.25) is 0 Å². The monoisotopic (exact) mass is 353 g/mol. The summed E-state index contributed by atoms with van der Waals surface area (Å²) in [6.07, 6.45) is 1.91. The van der Waals surface area contributed by atoms with E-state index in [-0.39, 0.29) is 6.04 Å². The van der Waals surface area contributed by atoms with Crippen molar-refractivity contribution in [3.8, 4) is 0 Å². The van der Waals surface area contributed by atoms with E-state index < -0.39 is 0 Å². The number of nitrogens with zero attached hydrogens (tertiary/aromatic N) is 2. The summed E-state index contributed by atoms with van der Waals surface area (Å²) < 4.78 is 1.13. The Kier molecular flexibility index (Phi) is 5.57. The summed E-state index contributed by atoms with van der Waals surface area (Å²) >= 11 is 5.29. The van der Waals surface area contributed by atoms with Crippen molar-refractivity contribution in [2.45, 2.75) is 32.4 Å². The van der Waals surface area contributed by atoms with Gasteiger partial charge in [0, 0.05) is 28.6 Å². The van der Waals surface area contributed by atoms with Crippen LogP contribution in [0.25, 0.3) is 0 Å². The van der Waals surface area contributed by atoms with Crippen LogP contribution in [0.15, 0.2) is 33.6 Å². The van der Waals surface area contributed by atoms with Gasteiger partial charge in [-0.05, 0) is 30.5 Å². The molecule has 0 aliphatic carbocycles. The number of hydrogen-bond acceptors (Lipinski definition) is 4. The molecule has 5 heteroatoms. The van der Waals surface area contributed by atoms with E-state index in [0.29, 0.717) is 0 Å². The van der Waals surface area contributed by atoms with E-state index in [1.165, 1.54) is 11.3 Å². The van der Waals surface area contributed by atoms with Gasteiger partial charge >= 0.3 is 0 Å². The topological polar surface area (TPSA) is 42.1 Å². The van der Waals surface area contributed by atoms with Gasteiger partial charge in [-0.1, -0.05) is 28.9 Å². The predicted molar refractivity (Wildman–Crippen MR) is 90.3 cm³/mol. The van der Waals surface area contributed by atoms with Crippen molar-refractivity contribution < 1.29 is 0 Å². The van der Waals surface area contributed by atoms with E-state index >= 15 is 0 Å². The van der Waals surface area contributed by atoms with Gasteiger partial charge in [-0.15, -0.1) is 11.3 Å². The summed E-state index contributed by atoms with van der Waals surface area (Å²) in [6.45, 7) is 2.94. The van der Waals surface area contributed by atoms with Crippen LogP contribution in [0.4, 0.5) is 5.69 Å². The number of benzene rings is 1. The van der Waals surface area contributed by atoms with Gasteiger partial charge in [0.15, 0.2) is 0 Å². The third-order valence-corrected chi connectivity index (χ3v) is 4.74. The molecule has 0 radical (unpaired) electrons. The zero-order valence-corrected chi connectivity index (χ0v) is 14.2. The van der Waals surface area contributed by atoms with Crippen molar-refractivity contribution in [3.63, 3.8) is 0 Å². The predicted octanol–water partition coefficient (Wildman–Crippen LogP) is 3.82. The van der Waals surface area contributed by atoms with Crippen molar-refractivity contribution in [1.82, 2.24) is 4.98 Å². The molecule has 0 saturated carbocycles. The average Bonchev–Trinajstić information content (AvgIpc) is 2.93. The molecule has 0 fully saturated rings. The van der Waals surface area contributed by atoms with Crippen LogP contribution >= 0.6 is 27.3 Å². The first kappa shape index (κ1) is 15.5. The first-order chi connectivity index (χ1) is 9.60. The van der Waals surface area contributed by atoms with Gasteiger partial charge in [-0.25, -0.2) is 4.98 Å². The molecule has 1 unspecified atom stereocenters. The fourth-order valence-electron chi connectivity index (χ4n) is 2.02. The molecule has 0 saturated heterocycles. The molecule has 2 N–H and O–H groups in total. The highest BCUT2D eigenvalue weighted by molar-refractivity contribution is 9.10. The highest BCUT2D eigenvalue weighted by Gasteiger charge is 2.09. The van der Waals surface area contributed by atoms with Crippen LogP contribution in [-0.2, 0) is 13.0 Å². The van der Waals surface area contributed by atoms with Crippen molar-refractivity contribution in [3.05, 3.63) is 44.8 Å². The zero-order chi connectivity index (χ0) is 14.5. The zero-order valence-electron chi connectivity index (χ0n) is 11.8. The van der Waals surface area contributed by atoms with Gasteiger partial charge in [0.05, 0.1) is 17.7 Å². The first-order valence-electron chi connectivity index (χ1n) is 6.72. The minimum atomic E-state index is 0.227. The average molecular weight is 354 g/mol. The lowest BCUT2D eigenvalue weighted by atomic mass is 10.0. The molecule has 0 spiro atoms. The Hall–Kier alpha value is -0.910. The Morgan fingerprint density at radius 1 is 1.45 bits per heavy atom. The van der Waals surface area contributed by atoms with Crippen LogP contribution < -0.4 is 10.6 Å². The molecule has 1 atom stereocenters. The van der Waals surface area contributed by atoms with E-state index in [9.17, 15) is 0 Å². The van der Waals surface area contributed by atoms with Crippen molar-refractivity contribution in [1.29, 1.82) is 0 Å². The second-order valence-corrected chi connectivity index (χ2v) is 6.56. The number of rotatable bonds is 6. The number of halogens is 1. The van der Waals surface area contributed by atoms with Crippen molar-refractivity contribution >= 4 is 33.0 Å². The Bertz CT molecular complexity index is 542. The highest BCUT2D eigenvalue weighted by Crippen LogP contribution is 2.25. The molecule has 1 heterocycles. The molecular weight excluding hydrogens is 334 g/mol. The summed E-state index contributed by atoms with van der Waals surface area (Å²) in [4.78, 5) is 6.52. The molecule has 2 rings (SSSR count). The number of aromatic nitrogens is 1. The summed E-state index contributed by atoms with van der Waals surface area (Å²) in [5.41, 5.74) is 11.4. The van der Waals surface area contributed by atoms with E-state index in [2.05, 4.69) is 63.4 Å². The largest absolute Gasteiger partial charge is 0.369 e. The molecule has 2 aromatic rings. The van der Waals surface area contributed by atoms with E-state index in [0.717, 1.165) is 29.6 Å². The van der Waals surface area contributed by atoms with E-state index in [1.54, 1.807) is 11.3 Å². The molecule has 0 bridgehead atoms. The minimum Gasteiger partial charge on any atom is -0.369 e. The van der Waals surface area contributed by atoms with Crippen molar-refractivity contribution in [2.75, 3.05) is 11.9 Å². The Morgan fingerprint density at radius 3 is 2.85 bits per heavy atom. The third-order valence-electron chi connectivity index (χ3n) is 3.37. The molecule has 1 aromatic carbocycles. The lowest BCUT2D eigenvalue weighted by Gasteiger charge is -2.20. The summed E-state index contributed by atoms with van der Waals surface area (Å²) in [5, 5.41) is 2.08. The van der Waals surface area contributed by atoms with Crippen LogP contribution in [0.3, 0.4) is 0 Å². The molecule has 3 nitrogen and oxygen atoms in total. The molecular formula is C15H20BrN3S. The maximum atomic E-state index is 6.02. The first-order valence-corrected chi connectivity index (χ1v) is 8.46. The van der Waals surface area contributed by atoms with E-state index in [4.69, 9.17) is 5.73 Å². The summed E-state index contributed by atoms with van der Waals surface area (Å²) in [6, 6.07) is 6.69. The van der Waals surface area contributed by atoms with Gasteiger partial charge in [-0.2, -0.15) is 0 Å². The Morgan fingerprint density at radius 2 is 2.25 bits per heavy atom. The molecule has 0 aliphatic rings. The highest BCUT2D eigenvalue weighted by atomic mass is 79.9. The van der Waals surface area contributed by atoms with Crippen molar-refractivity contribution in [2.24, 2.45) is 5.73 Å². The smallest absolute Gasteiger partial charge is 0.0795 e. The second kappa shape index (κ2) is 7.20. The standard InChI is InChI=1S/C15H20BrN3S/c1-3-12(17)6-11-4-5-14(7-15(11)16)19(2)8-13-9-20-10-18-13/h4-5,7,9-10,12H,3,6,8,17H2,1-2H3. The lowest BCUT2D eigenvalue weighted by Crippen LogP contribution is -2.22. The minimum absolute atomic E-state index is 0.227. The quantitative estimate of drug-likeness (QED) is 0.858. The maximum Gasteiger partial charge on any atom is 0.0795 e. The molecule has 1 aromatic heterocycles. The van der Waals surface area contributed by atoms with Crippen LogP contribution in [0.1, 0.15) is 24.6 Å². The van der Waals surface area contributed by atoms with Crippen LogP contribution in [0.5, 0.6) is 0 Å². The van der Waals surface area contributed by atoms with E-state index in [1.807, 2.05) is 5.51 Å². The number of nitrogens with two attached hydrogens (primary N) is 1. The third kappa shape index (κ3) is 4.04. The SMILES string of the molecule is CCC(N)Cc1ccc(N(C)Cc2cscn2)cc1Br. The van der Waals surface area contributed by atoms with Gasteiger partial charge in [0.25, 0.3) is 0 Å². The fourth-order valence-corrected chi connectivity index (χ4v) is 3.09. The number of hydrogen-bond donors (Lipinski definition) is 1. The second-order valence-electron chi connectivity index (χ2n) is 4.98. The van der Waals surface area contributed by atoms with Crippen LogP contribution in [0, 0.1) is 0 Å². The lowest BCUT2D eigenvalue weighted by molar-refractivity contribution is 0.645. The van der Waals surface area contributed by atoms with Crippen LogP contribution in [-0.4, -0.2) is 18.1 Å². The molecule has 0 amide bonds. The van der Waals surface area contributed by atoms with Gasteiger partial charge < -0.3 is 10.6 Å². The van der Waals surface area contributed by atoms with Gasteiger partial charge in [0.1, 0.15) is 0 Å². The Labute approximate surface area is 133 Å². The van der Waals surface area contributed by atoms with Gasteiger partial charge in [-0.3, -0.25) is 0 Å². The number of thiazole rings is 1. The maximum absolute atomic E-state index is 6.02. The number of anilines is 1. The van der Waals surface area contributed by atoms with Crippen LogP contribution in [0.2, 0.25) is 0 Å². The fraction of sp³-hybridized carbons (Fsp3) is 0.400. The molecule has 0 aliphatic heterocycles. The Balaban J connectivity index is 2.08. The summed E-state index contributed by atoms with van der Waals surface area (Å²) in [5.74, 6) is 0. The normalized spacial score (nSPS) is 12.4. The molecule has 108 valence electrons.